The van der Waals surface area contributed by atoms with Crippen molar-refractivity contribution in [3.63, 3.8) is 0 Å². The number of aliphatic hydroxyl groups excluding tert-OH is 2. The molecule has 0 atom stereocenters. The Morgan fingerprint density at radius 3 is 1.43 bits per heavy atom. The summed E-state index contributed by atoms with van der Waals surface area (Å²) < 4.78 is 0. The summed E-state index contributed by atoms with van der Waals surface area (Å²) in [5.41, 5.74) is 0. The highest BCUT2D eigenvalue weighted by molar-refractivity contribution is 9.26. The van der Waals surface area contributed by atoms with Crippen LogP contribution in [0.15, 0.2) is 0 Å². The number of hydrogen-bond donors (Lipinski definition) is 2. The maximum absolute atomic E-state index is 8.54. The maximum Gasteiger partial charge on any atom is 0.0431 e. The first-order chi connectivity index (χ1) is 6.91. The molecule has 0 aliphatic carbocycles. The molecule has 0 radical (unpaired) electrons. The Hall–Kier alpha value is 1.32. The molecule has 0 aromatic carbocycles. The Bertz CT molecular complexity index is 93.3. The molecule has 0 aliphatic heterocycles. The monoisotopic (exact) mass is 274 g/mol. The lowest BCUT2D eigenvalue weighted by molar-refractivity contribution is 0.287. The summed E-state index contributed by atoms with van der Waals surface area (Å²) in [5, 5.41) is 17.1. The Labute approximate surface area is 102 Å². The standard InChI is InChI=1S/C8H18O2S4/c9-5-1-3-7-11-13-14-12-8-4-2-6-10/h9-10H,1-8H2. The summed E-state index contributed by atoms with van der Waals surface area (Å²) in [4.78, 5) is 0. The molecule has 0 bridgehead atoms. The van der Waals surface area contributed by atoms with Crippen LogP contribution in [0.1, 0.15) is 25.7 Å². The lowest BCUT2D eigenvalue weighted by atomic mass is 10.4. The molecule has 0 amide bonds. The van der Waals surface area contributed by atoms with E-state index in [0.29, 0.717) is 13.2 Å². The smallest absolute Gasteiger partial charge is 0.0431 e. The predicted molar refractivity (Wildman–Crippen MR) is 72.7 cm³/mol. The van der Waals surface area contributed by atoms with Gasteiger partial charge in [-0.2, -0.15) is 0 Å². The third-order valence-corrected chi connectivity index (χ3v) is 8.03. The Morgan fingerprint density at radius 2 is 1.07 bits per heavy atom. The fourth-order valence-corrected chi connectivity index (χ4v) is 6.92. The van der Waals surface area contributed by atoms with Crippen molar-refractivity contribution in [1.29, 1.82) is 0 Å². The highest BCUT2D eigenvalue weighted by atomic mass is 33.7. The molecule has 0 heterocycles. The van der Waals surface area contributed by atoms with Crippen LogP contribution in [0.5, 0.6) is 0 Å². The second-order valence-corrected chi connectivity index (χ2v) is 8.88. The molecule has 0 spiro atoms. The third kappa shape index (κ3) is 13.3. The first kappa shape index (κ1) is 15.3. The van der Waals surface area contributed by atoms with Crippen LogP contribution in [0, 0.1) is 0 Å². The van der Waals surface area contributed by atoms with E-state index in [1.54, 1.807) is 0 Å². The van der Waals surface area contributed by atoms with Crippen molar-refractivity contribution >= 4 is 41.2 Å². The fourth-order valence-electron chi connectivity index (χ4n) is 0.653. The molecule has 0 unspecified atom stereocenters. The quantitative estimate of drug-likeness (QED) is 0.445. The van der Waals surface area contributed by atoms with Crippen molar-refractivity contribution in [3.05, 3.63) is 0 Å². The van der Waals surface area contributed by atoms with Crippen molar-refractivity contribution < 1.29 is 10.2 Å². The zero-order valence-corrected chi connectivity index (χ0v) is 11.5. The van der Waals surface area contributed by atoms with Gasteiger partial charge in [-0.05, 0) is 45.3 Å². The minimum atomic E-state index is 0.314. The van der Waals surface area contributed by atoms with Gasteiger partial charge in [0.15, 0.2) is 0 Å². The summed E-state index contributed by atoms with van der Waals surface area (Å²) in [7, 11) is 7.34. The van der Waals surface area contributed by atoms with Crippen LogP contribution in [0.3, 0.4) is 0 Å². The topological polar surface area (TPSA) is 40.5 Å². The SMILES string of the molecule is OCCCCSSSSCCCCO. The minimum absolute atomic E-state index is 0.314. The van der Waals surface area contributed by atoms with Crippen LogP contribution in [-0.2, 0) is 0 Å². The second kappa shape index (κ2) is 14.3. The largest absolute Gasteiger partial charge is 0.396 e. The van der Waals surface area contributed by atoms with E-state index < -0.39 is 0 Å². The molecule has 0 aromatic heterocycles. The summed E-state index contributed by atoms with van der Waals surface area (Å²) in [6, 6.07) is 0. The van der Waals surface area contributed by atoms with Gasteiger partial charge in [0.2, 0.25) is 0 Å². The van der Waals surface area contributed by atoms with E-state index in [9.17, 15) is 0 Å². The van der Waals surface area contributed by atoms with Gasteiger partial charge in [-0.3, -0.25) is 0 Å². The zero-order valence-electron chi connectivity index (χ0n) is 8.18. The van der Waals surface area contributed by atoms with E-state index in [0.717, 1.165) is 37.2 Å². The van der Waals surface area contributed by atoms with Gasteiger partial charge in [0, 0.05) is 24.7 Å². The summed E-state index contributed by atoms with van der Waals surface area (Å²) >= 11 is 0. The van der Waals surface area contributed by atoms with E-state index in [-0.39, 0.29) is 0 Å². The van der Waals surface area contributed by atoms with Crippen molar-refractivity contribution in [2.24, 2.45) is 0 Å². The Kier molecular flexibility index (Phi) is 15.7. The van der Waals surface area contributed by atoms with Gasteiger partial charge in [0.1, 0.15) is 0 Å². The molecule has 2 N–H and O–H groups in total. The van der Waals surface area contributed by atoms with Crippen molar-refractivity contribution in [3.8, 4) is 0 Å². The average molecular weight is 274 g/mol. The first-order valence-electron chi connectivity index (χ1n) is 4.71. The molecule has 0 saturated carbocycles. The van der Waals surface area contributed by atoms with Crippen LogP contribution in [0.25, 0.3) is 0 Å². The van der Waals surface area contributed by atoms with Crippen LogP contribution < -0.4 is 0 Å². The van der Waals surface area contributed by atoms with E-state index in [1.165, 1.54) is 0 Å². The second-order valence-electron chi connectivity index (χ2n) is 2.64. The molecule has 6 heteroatoms. The van der Waals surface area contributed by atoms with Crippen LogP contribution >= 0.6 is 41.2 Å². The first-order valence-corrected chi connectivity index (χ1v) is 9.86. The average Bonchev–Trinajstić information content (AvgIpc) is 2.21. The highest BCUT2D eigenvalue weighted by Gasteiger charge is 1.93. The highest BCUT2D eigenvalue weighted by Crippen LogP contribution is 2.43. The van der Waals surface area contributed by atoms with E-state index >= 15 is 0 Å². The Morgan fingerprint density at radius 1 is 0.643 bits per heavy atom. The van der Waals surface area contributed by atoms with E-state index in [2.05, 4.69) is 0 Å². The lowest BCUT2D eigenvalue weighted by Gasteiger charge is -1.99. The minimum Gasteiger partial charge on any atom is -0.396 e. The summed E-state index contributed by atoms with van der Waals surface area (Å²) in [6.45, 7) is 0.628. The molecule has 86 valence electrons. The van der Waals surface area contributed by atoms with Gasteiger partial charge < -0.3 is 10.2 Å². The molecule has 0 aromatic rings. The fraction of sp³-hybridized carbons (Fsp3) is 1.00. The Balaban J connectivity index is 2.78. The maximum atomic E-state index is 8.54. The number of hydrogen-bond acceptors (Lipinski definition) is 6. The van der Waals surface area contributed by atoms with E-state index in [4.69, 9.17) is 10.2 Å². The van der Waals surface area contributed by atoms with Gasteiger partial charge in [-0.25, -0.2) is 0 Å². The molecular weight excluding hydrogens is 256 g/mol. The normalized spacial score (nSPS) is 10.7. The number of rotatable bonds is 11. The molecular formula is C8H18O2S4. The molecule has 0 aliphatic rings. The summed E-state index contributed by atoms with van der Waals surface area (Å²) in [6.07, 6.45) is 4.04. The van der Waals surface area contributed by atoms with Crippen molar-refractivity contribution in [2.75, 3.05) is 24.7 Å². The molecule has 14 heavy (non-hydrogen) atoms. The zero-order chi connectivity index (χ0) is 10.5. The lowest BCUT2D eigenvalue weighted by Crippen LogP contribution is -1.83. The van der Waals surface area contributed by atoms with Crippen LogP contribution in [0.4, 0.5) is 0 Å². The van der Waals surface area contributed by atoms with Gasteiger partial charge >= 0.3 is 0 Å². The van der Waals surface area contributed by atoms with Gasteiger partial charge in [0.25, 0.3) is 0 Å². The molecule has 0 saturated heterocycles. The van der Waals surface area contributed by atoms with Gasteiger partial charge in [-0.15, -0.1) is 0 Å². The third-order valence-electron chi connectivity index (χ3n) is 1.40. The van der Waals surface area contributed by atoms with E-state index in [1.807, 2.05) is 41.2 Å². The summed E-state index contributed by atoms with van der Waals surface area (Å²) in [5.74, 6) is 2.24. The number of aliphatic hydroxyl groups is 2. The van der Waals surface area contributed by atoms with Gasteiger partial charge in [-0.1, -0.05) is 21.6 Å². The van der Waals surface area contributed by atoms with Crippen LogP contribution in [0.2, 0.25) is 0 Å². The number of unbranched alkanes of at least 4 members (excludes halogenated alkanes) is 2. The molecule has 0 rings (SSSR count). The molecule has 0 fully saturated rings. The molecule has 2 nitrogen and oxygen atoms in total. The van der Waals surface area contributed by atoms with Gasteiger partial charge in [0.05, 0.1) is 0 Å². The van der Waals surface area contributed by atoms with Crippen molar-refractivity contribution in [2.45, 2.75) is 25.7 Å². The predicted octanol–water partition coefficient (Wildman–Crippen LogP) is 3.21. The van der Waals surface area contributed by atoms with Crippen LogP contribution in [-0.4, -0.2) is 34.9 Å². The van der Waals surface area contributed by atoms with Crippen molar-refractivity contribution in [1.82, 2.24) is 0 Å².